The molecule has 0 aliphatic carbocycles. The van der Waals surface area contributed by atoms with Gasteiger partial charge in [0.1, 0.15) is 0 Å². The van der Waals surface area contributed by atoms with Gasteiger partial charge >= 0.3 is 0 Å². The Kier molecular flexibility index (Phi) is 4.85. The van der Waals surface area contributed by atoms with E-state index >= 15 is 0 Å². The standard InChI is InChI=1S/C17H26N2O2S/c1-14-3-4-15(22-14)13-18-8-5-17(6-9-18)7-10-19(16(17)20)11-12-21-2/h3-4H,5-13H2,1-2H3. The van der Waals surface area contributed by atoms with Gasteiger partial charge in [0.25, 0.3) is 0 Å². The van der Waals surface area contributed by atoms with E-state index in [0.29, 0.717) is 12.5 Å². The number of rotatable bonds is 5. The predicted molar refractivity (Wildman–Crippen MR) is 89.1 cm³/mol. The minimum absolute atomic E-state index is 0.0738. The van der Waals surface area contributed by atoms with Gasteiger partial charge in [-0.15, -0.1) is 11.3 Å². The van der Waals surface area contributed by atoms with Gasteiger partial charge in [-0.05, 0) is 51.4 Å². The Hall–Kier alpha value is -0.910. The third-order valence-corrected chi connectivity index (χ3v) is 6.14. The maximum absolute atomic E-state index is 12.7. The molecule has 122 valence electrons. The highest BCUT2D eigenvalue weighted by atomic mass is 32.1. The van der Waals surface area contributed by atoms with E-state index in [0.717, 1.165) is 52.0 Å². The van der Waals surface area contributed by atoms with Crippen molar-refractivity contribution in [3.63, 3.8) is 0 Å². The van der Waals surface area contributed by atoms with Crippen molar-refractivity contribution in [2.24, 2.45) is 5.41 Å². The van der Waals surface area contributed by atoms with Gasteiger partial charge in [-0.2, -0.15) is 0 Å². The number of methoxy groups -OCH3 is 1. The summed E-state index contributed by atoms with van der Waals surface area (Å²) in [4.78, 5) is 20.0. The van der Waals surface area contributed by atoms with E-state index in [1.54, 1.807) is 7.11 Å². The van der Waals surface area contributed by atoms with E-state index in [4.69, 9.17) is 4.74 Å². The van der Waals surface area contributed by atoms with Crippen molar-refractivity contribution in [3.05, 3.63) is 21.9 Å². The Bertz CT molecular complexity index is 520. The van der Waals surface area contributed by atoms with Crippen LogP contribution in [-0.2, 0) is 16.1 Å². The fourth-order valence-corrected chi connectivity index (χ4v) is 4.63. The molecule has 2 aliphatic rings. The normalized spacial score (nSPS) is 21.9. The molecule has 0 atom stereocenters. The molecule has 0 aromatic carbocycles. The topological polar surface area (TPSA) is 32.8 Å². The van der Waals surface area contributed by atoms with E-state index in [9.17, 15) is 4.79 Å². The molecule has 2 fully saturated rings. The molecular formula is C17H26N2O2S. The number of carbonyl (C=O) groups is 1. The van der Waals surface area contributed by atoms with Gasteiger partial charge in [0.2, 0.25) is 5.91 Å². The summed E-state index contributed by atoms with van der Waals surface area (Å²) in [6.07, 6.45) is 3.06. The number of piperidine rings is 1. The zero-order valence-corrected chi connectivity index (χ0v) is 14.5. The molecule has 1 aromatic heterocycles. The average molecular weight is 322 g/mol. The van der Waals surface area contributed by atoms with Crippen LogP contribution in [0, 0.1) is 12.3 Å². The maximum Gasteiger partial charge on any atom is 0.229 e. The lowest BCUT2D eigenvalue weighted by Gasteiger charge is -2.37. The van der Waals surface area contributed by atoms with Crippen LogP contribution in [0.15, 0.2) is 12.1 Å². The van der Waals surface area contributed by atoms with Crippen molar-refractivity contribution < 1.29 is 9.53 Å². The van der Waals surface area contributed by atoms with Gasteiger partial charge in [0.15, 0.2) is 0 Å². The highest BCUT2D eigenvalue weighted by Crippen LogP contribution is 2.41. The molecule has 0 unspecified atom stereocenters. The smallest absolute Gasteiger partial charge is 0.229 e. The highest BCUT2D eigenvalue weighted by molar-refractivity contribution is 7.11. The quantitative estimate of drug-likeness (QED) is 0.835. The third kappa shape index (κ3) is 3.21. The lowest BCUT2D eigenvalue weighted by Crippen LogP contribution is -2.44. The molecule has 1 aromatic rings. The summed E-state index contributed by atoms with van der Waals surface area (Å²) in [6, 6.07) is 4.43. The molecule has 0 bridgehead atoms. The molecule has 3 rings (SSSR count). The van der Waals surface area contributed by atoms with Crippen molar-refractivity contribution >= 4 is 17.2 Å². The summed E-state index contributed by atoms with van der Waals surface area (Å²) in [5, 5.41) is 0. The SMILES string of the molecule is COCCN1CCC2(CCN(Cc3ccc(C)s3)CC2)C1=O. The third-order valence-electron chi connectivity index (χ3n) is 5.16. The van der Waals surface area contributed by atoms with Crippen LogP contribution in [0.5, 0.6) is 0 Å². The number of amides is 1. The lowest BCUT2D eigenvalue weighted by molar-refractivity contribution is -0.138. The van der Waals surface area contributed by atoms with Crippen LogP contribution in [0.3, 0.4) is 0 Å². The Balaban J connectivity index is 1.54. The van der Waals surface area contributed by atoms with E-state index in [1.165, 1.54) is 9.75 Å². The highest BCUT2D eigenvalue weighted by Gasteiger charge is 2.47. The Labute approximate surface area is 137 Å². The van der Waals surface area contributed by atoms with E-state index in [2.05, 4.69) is 24.0 Å². The molecule has 0 N–H and O–H groups in total. The number of ether oxygens (including phenoxy) is 1. The molecule has 2 saturated heterocycles. The summed E-state index contributed by atoms with van der Waals surface area (Å²) < 4.78 is 5.11. The van der Waals surface area contributed by atoms with Gasteiger partial charge in [-0.3, -0.25) is 9.69 Å². The number of thiophene rings is 1. The minimum Gasteiger partial charge on any atom is -0.383 e. The first-order chi connectivity index (χ1) is 10.6. The molecule has 3 heterocycles. The van der Waals surface area contributed by atoms with Crippen LogP contribution in [0.4, 0.5) is 0 Å². The maximum atomic E-state index is 12.7. The first kappa shape index (κ1) is 16.0. The van der Waals surface area contributed by atoms with Gasteiger partial charge in [-0.1, -0.05) is 0 Å². The van der Waals surface area contributed by atoms with Crippen LogP contribution < -0.4 is 0 Å². The fourth-order valence-electron chi connectivity index (χ4n) is 3.70. The number of aryl methyl sites for hydroxylation is 1. The van der Waals surface area contributed by atoms with Crippen LogP contribution in [0.25, 0.3) is 0 Å². The van der Waals surface area contributed by atoms with Crippen LogP contribution in [0.1, 0.15) is 29.0 Å². The second-order valence-electron chi connectivity index (χ2n) is 6.60. The molecular weight excluding hydrogens is 296 g/mol. The molecule has 22 heavy (non-hydrogen) atoms. The summed E-state index contributed by atoms with van der Waals surface area (Å²) in [7, 11) is 1.70. The van der Waals surface area contributed by atoms with Crippen molar-refractivity contribution in [2.45, 2.75) is 32.7 Å². The molecule has 1 spiro atoms. The first-order valence-electron chi connectivity index (χ1n) is 8.19. The molecule has 1 amide bonds. The largest absolute Gasteiger partial charge is 0.383 e. The van der Waals surface area contributed by atoms with E-state index in [1.807, 2.05) is 16.2 Å². The Morgan fingerprint density at radius 2 is 1.95 bits per heavy atom. The van der Waals surface area contributed by atoms with Crippen molar-refractivity contribution in [3.8, 4) is 0 Å². The van der Waals surface area contributed by atoms with Crippen molar-refractivity contribution in [1.82, 2.24) is 9.80 Å². The number of nitrogens with zero attached hydrogens (tertiary/aromatic N) is 2. The summed E-state index contributed by atoms with van der Waals surface area (Å²) >= 11 is 1.88. The lowest BCUT2D eigenvalue weighted by atomic mass is 9.77. The van der Waals surface area contributed by atoms with Gasteiger partial charge in [0.05, 0.1) is 12.0 Å². The van der Waals surface area contributed by atoms with Crippen molar-refractivity contribution in [2.75, 3.05) is 39.9 Å². The molecule has 2 aliphatic heterocycles. The average Bonchev–Trinajstić information content (AvgIpc) is 3.05. The summed E-state index contributed by atoms with van der Waals surface area (Å²) in [5.74, 6) is 0.371. The summed E-state index contributed by atoms with van der Waals surface area (Å²) in [6.45, 7) is 7.58. The number of carbonyl (C=O) groups excluding carboxylic acids is 1. The first-order valence-corrected chi connectivity index (χ1v) is 9.01. The van der Waals surface area contributed by atoms with Gasteiger partial charge in [0, 0.05) is 36.5 Å². The van der Waals surface area contributed by atoms with E-state index in [-0.39, 0.29) is 5.41 Å². The van der Waals surface area contributed by atoms with E-state index < -0.39 is 0 Å². The van der Waals surface area contributed by atoms with Crippen LogP contribution in [-0.4, -0.2) is 55.6 Å². The van der Waals surface area contributed by atoms with Gasteiger partial charge < -0.3 is 9.64 Å². The minimum atomic E-state index is -0.0738. The number of hydrogen-bond acceptors (Lipinski definition) is 4. The second-order valence-corrected chi connectivity index (χ2v) is 7.98. The molecule has 4 nitrogen and oxygen atoms in total. The zero-order chi connectivity index (χ0) is 15.6. The van der Waals surface area contributed by atoms with Crippen LogP contribution >= 0.6 is 11.3 Å². The number of hydrogen-bond donors (Lipinski definition) is 0. The molecule has 0 saturated carbocycles. The molecule has 5 heteroatoms. The Morgan fingerprint density at radius 1 is 1.23 bits per heavy atom. The van der Waals surface area contributed by atoms with Gasteiger partial charge in [-0.25, -0.2) is 0 Å². The predicted octanol–water partition coefficient (Wildman–Crippen LogP) is 2.52. The Morgan fingerprint density at radius 3 is 2.59 bits per heavy atom. The van der Waals surface area contributed by atoms with Crippen molar-refractivity contribution in [1.29, 1.82) is 0 Å². The fraction of sp³-hybridized carbons (Fsp3) is 0.706. The number of likely N-dealkylation sites (tertiary alicyclic amines) is 2. The summed E-state index contributed by atoms with van der Waals surface area (Å²) in [5.41, 5.74) is -0.0738. The second kappa shape index (κ2) is 6.69. The zero-order valence-electron chi connectivity index (χ0n) is 13.6. The molecule has 0 radical (unpaired) electrons. The monoisotopic (exact) mass is 322 g/mol. The van der Waals surface area contributed by atoms with Crippen LogP contribution in [0.2, 0.25) is 0 Å².